The van der Waals surface area contributed by atoms with Crippen LogP contribution in [0.15, 0.2) is 35.8 Å². The number of carbonyl (C=O) groups excluding carboxylic acids is 2. The Morgan fingerprint density at radius 1 is 1.30 bits per heavy atom. The highest BCUT2D eigenvalue weighted by molar-refractivity contribution is 6.04. The molecule has 0 radical (unpaired) electrons. The monoisotopic (exact) mass is 448 g/mol. The van der Waals surface area contributed by atoms with Crippen LogP contribution in [0.3, 0.4) is 0 Å². The van der Waals surface area contributed by atoms with Gasteiger partial charge in [0, 0.05) is 37.2 Å². The van der Waals surface area contributed by atoms with Crippen molar-refractivity contribution in [3.8, 4) is 0 Å². The first-order valence-electron chi connectivity index (χ1n) is 10.7. The number of aromatic amines is 2. The van der Waals surface area contributed by atoms with Crippen LogP contribution in [0.25, 0.3) is 16.6 Å². The molecule has 0 aromatic carbocycles. The number of hydrogen-bond acceptors (Lipinski definition) is 6. The van der Waals surface area contributed by atoms with Gasteiger partial charge in [0.05, 0.1) is 29.6 Å². The van der Waals surface area contributed by atoms with E-state index in [0.717, 1.165) is 6.42 Å². The third-order valence-corrected chi connectivity index (χ3v) is 5.98. The van der Waals surface area contributed by atoms with Crippen LogP contribution in [0.4, 0.5) is 0 Å². The normalized spacial score (nSPS) is 17.7. The van der Waals surface area contributed by atoms with Gasteiger partial charge in [-0.25, -0.2) is 9.50 Å². The molecule has 2 amide bonds. The quantitative estimate of drug-likeness (QED) is 0.429. The van der Waals surface area contributed by atoms with Crippen LogP contribution >= 0.6 is 0 Å². The summed E-state index contributed by atoms with van der Waals surface area (Å²) in [4.78, 5) is 54.1. The molecule has 11 nitrogen and oxygen atoms in total. The minimum Gasteiger partial charge on any atom is -0.350 e. The minimum absolute atomic E-state index is 0.123. The summed E-state index contributed by atoms with van der Waals surface area (Å²) in [7, 11) is 0. The molecule has 33 heavy (non-hydrogen) atoms. The van der Waals surface area contributed by atoms with E-state index < -0.39 is 0 Å². The van der Waals surface area contributed by atoms with E-state index in [0.29, 0.717) is 34.4 Å². The maximum atomic E-state index is 13.4. The van der Waals surface area contributed by atoms with Gasteiger partial charge in [-0.05, 0) is 18.8 Å². The van der Waals surface area contributed by atoms with Gasteiger partial charge in [-0.3, -0.25) is 19.4 Å². The second kappa shape index (κ2) is 7.54. The number of pyridine rings is 1. The molecule has 3 N–H and O–H groups in total. The summed E-state index contributed by atoms with van der Waals surface area (Å²) >= 11 is 0. The van der Waals surface area contributed by atoms with E-state index in [4.69, 9.17) is 0 Å². The molecule has 1 aliphatic heterocycles. The zero-order valence-corrected chi connectivity index (χ0v) is 18.5. The first-order chi connectivity index (χ1) is 15.7. The zero-order valence-electron chi connectivity index (χ0n) is 18.5. The highest BCUT2D eigenvalue weighted by atomic mass is 16.2. The summed E-state index contributed by atoms with van der Waals surface area (Å²) in [5, 5.41) is 7.26. The van der Waals surface area contributed by atoms with E-state index in [1.165, 1.54) is 23.1 Å². The molecular weight excluding hydrogens is 424 g/mol. The summed E-state index contributed by atoms with van der Waals surface area (Å²) in [6.07, 6.45) is 7.00. The summed E-state index contributed by atoms with van der Waals surface area (Å²) in [6.45, 7) is 6.72. The molecule has 0 aliphatic carbocycles. The summed E-state index contributed by atoms with van der Waals surface area (Å²) in [5.74, 6) is -0.566. The lowest BCUT2D eigenvalue weighted by Crippen LogP contribution is -2.43. The molecule has 1 atom stereocenters. The molecule has 0 saturated carbocycles. The van der Waals surface area contributed by atoms with Gasteiger partial charge < -0.3 is 20.2 Å². The van der Waals surface area contributed by atoms with Gasteiger partial charge in [0.2, 0.25) is 0 Å². The Labute approximate surface area is 188 Å². The second-order valence-corrected chi connectivity index (χ2v) is 9.28. The van der Waals surface area contributed by atoms with Crippen molar-refractivity contribution in [3.63, 3.8) is 0 Å². The SMILES string of the molecule is Cc1cn2nc(C(=O)N3CC(C)(C)C[C@H]3CNC(=O)c3cncc4[nH]cnc34)cc2c(=O)[nH]1. The van der Waals surface area contributed by atoms with Crippen molar-refractivity contribution in [3.05, 3.63) is 58.3 Å². The van der Waals surface area contributed by atoms with E-state index in [1.54, 1.807) is 24.2 Å². The van der Waals surface area contributed by atoms with Crippen LogP contribution in [0.1, 0.15) is 46.8 Å². The molecule has 4 aromatic heterocycles. The van der Waals surface area contributed by atoms with Crippen molar-refractivity contribution in [2.75, 3.05) is 13.1 Å². The van der Waals surface area contributed by atoms with Gasteiger partial charge in [0.1, 0.15) is 11.0 Å². The van der Waals surface area contributed by atoms with Crippen molar-refractivity contribution in [1.29, 1.82) is 0 Å². The smallest absolute Gasteiger partial charge is 0.274 e. The molecule has 4 aromatic rings. The first kappa shape index (κ1) is 20.9. The fourth-order valence-corrected chi connectivity index (χ4v) is 4.53. The van der Waals surface area contributed by atoms with Crippen LogP contribution in [0, 0.1) is 12.3 Å². The highest BCUT2D eigenvalue weighted by Crippen LogP contribution is 2.34. The fourth-order valence-electron chi connectivity index (χ4n) is 4.53. The molecule has 5 rings (SSSR count). The van der Waals surface area contributed by atoms with Crippen LogP contribution in [0.2, 0.25) is 0 Å². The molecule has 1 fully saturated rings. The standard InChI is InChI=1S/C22H24N8O3/c1-12-9-30-17(20(32)27-12)4-15(28-30)21(33)29-10-22(2,3)5-13(29)6-24-19(31)14-7-23-8-16-18(14)26-11-25-16/h4,7-9,11,13H,5-6,10H2,1-3H3,(H,24,31)(H,25,26)(H,27,32)/t13-/m0/s1. The van der Waals surface area contributed by atoms with Gasteiger partial charge in [0.15, 0.2) is 5.69 Å². The fraction of sp³-hybridized carbons (Fsp3) is 0.364. The molecule has 5 heterocycles. The van der Waals surface area contributed by atoms with Gasteiger partial charge in [0.25, 0.3) is 17.4 Å². The number of rotatable bonds is 4. The topological polar surface area (TPSA) is 141 Å². The third-order valence-electron chi connectivity index (χ3n) is 5.98. The number of aryl methyl sites for hydroxylation is 1. The summed E-state index contributed by atoms with van der Waals surface area (Å²) in [5.41, 5.74) is 2.34. The van der Waals surface area contributed by atoms with Crippen LogP contribution < -0.4 is 10.9 Å². The van der Waals surface area contributed by atoms with Gasteiger partial charge in [-0.15, -0.1) is 0 Å². The number of nitrogens with one attached hydrogen (secondary N) is 3. The van der Waals surface area contributed by atoms with E-state index in [2.05, 4.69) is 44.2 Å². The Morgan fingerprint density at radius 2 is 2.12 bits per heavy atom. The number of amides is 2. The molecule has 1 aliphatic rings. The maximum Gasteiger partial charge on any atom is 0.274 e. The van der Waals surface area contributed by atoms with E-state index in [-0.39, 0.29) is 41.1 Å². The molecule has 0 spiro atoms. The molecule has 0 unspecified atom stereocenters. The summed E-state index contributed by atoms with van der Waals surface area (Å²) in [6, 6.07) is 1.29. The summed E-state index contributed by atoms with van der Waals surface area (Å²) < 4.78 is 1.43. The maximum absolute atomic E-state index is 13.4. The van der Waals surface area contributed by atoms with Crippen LogP contribution in [-0.2, 0) is 0 Å². The lowest BCUT2D eigenvalue weighted by Gasteiger charge is -2.24. The Hall–Kier alpha value is -4.02. The van der Waals surface area contributed by atoms with Crippen LogP contribution in [-0.4, -0.2) is 65.4 Å². The minimum atomic E-state index is -0.299. The number of H-pyrrole nitrogens is 2. The van der Waals surface area contributed by atoms with Crippen molar-refractivity contribution < 1.29 is 9.59 Å². The number of hydrogen-bond donors (Lipinski definition) is 3. The lowest BCUT2D eigenvalue weighted by atomic mass is 9.91. The van der Waals surface area contributed by atoms with E-state index in [9.17, 15) is 14.4 Å². The predicted octanol–water partition coefficient (Wildman–Crippen LogP) is 1.27. The van der Waals surface area contributed by atoms with Gasteiger partial charge in [-0.2, -0.15) is 5.10 Å². The lowest BCUT2D eigenvalue weighted by molar-refractivity contribution is 0.0710. The average Bonchev–Trinajstić information content (AvgIpc) is 3.47. The van der Waals surface area contributed by atoms with E-state index >= 15 is 0 Å². The van der Waals surface area contributed by atoms with Gasteiger partial charge >= 0.3 is 0 Å². The predicted molar refractivity (Wildman–Crippen MR) is 120 cm³/mol. The molecule has 11 heteroatoms. The Kier molecular flexibility index (Phi) is 4.76. The average molecular weight is 448 g/mol. The Morgan fingerprint density at radius 3 is 2.94 bits per heavy atom. The molecular formula is C22H24N8O3. The van der Waals surface area contributed by atoms with Gasteiger partial charge in [-0.1, -0.05) is 13.8 Å². The van der Waals surface area contributed by atoms with Crippen molar-refractivity contribution in [1.82, 2.24) is 39.8 Å². The number of likely N-dealkylation sites (tertiary alicyclic amines) is 1. The third kappa shape index (κ3) is 3.75. The number of aromatic nitrogens is 6. The molecule has 170 valence electrons. The highest BCUT2D eigenvalue weighted by Gasteiger charge is 2.41. The molecule has 0 bridgehead atoms. The zero-order chi connectivity index (χ0) is 23.3. The Balaban J connectivity index is 1.37. The first-order valence-corrected chi connectivity index (χ1v) is 10.7. The number of nitrogens with zero attached hydrogens (tertiary/aromatic N) is 5. The largest absolute Gasteiger partial charge is 0.350 e. The van der Waals surface area contributed by atoms with Crippen molar-refractivity contribution >= 4 is 28.4 Å². The number of imidazole rings is 1. The Bertz CT molecular complexity index is 1450. The second-order valence-electron chi connectivity index (χ2n) is 9.28. The van der Waals surface area contributed by atoms with Crippen molar-refractivity contribution in [2.45, 2.75) is 33.2 Å². The number of fused-ring (bicyclic) bond motifs is 2. The van der Waals surface area contributed by atoms with Crippen molar-refractivity contribution in [2.24, 2.45) is 5.41 Å². The number of carbonyl (C=O) groups is 2. The van der Waals surface area contributed by atoms with Crippen LogP contribution in [0.5, 0.6) is 0 Å². The van der Waals surface area contributed by atoms with E-state index in [1.807, 2.05) is 0 Å². The molecule has 1 saturated heterocycles.